The summed E-state index contributed by atoms with van der Waals surface area (Å²) in [6.07, 6.45) is 18.5. The lowest BCUT2D eigenvalue weighted by Crippen LogP contribution is -3.00. The maximum atomic E-state index is 11.3. The van der Waals surface area contributed by atoms with Crippen molar-refractivity contribution >= 4 is 24.2 Å². The van der Waals surface area contributed by atoms with Gasteiger partial charge in [-0.05, 0) is 31.3 Å². The highest BCUT2D eigenvalue weighted by Gasteiger charge is 2.14. The predicted molar refractivity (Wildman–Crippen MR) is 130 cm³/mol. The maximum Gasteiger partial charge on any atom is 0.343 e. The summed E-state index contributed by atoms with van der Waals surface area (Å²) >= 11 is 0. The van der Waals surface area contributed by atoms with Crippen LogP contribution in [0.25, 0.3) is 0 Å². The molecule has 0 spiro atoms. The molecule has 0 saturated carbocycles. The van der Waals surface area contributed by atoms with Gasteiger partial charge in [0.1, 0.15) is 0 Å². The molecule has 0 bridgehead atoms. The predicted octanol–water partition coefficient (Wildman–Crippen LogP) is -2.66. The number of allylic oxidation sites excluding steroid dienone is 2. The van der Waals surface area contributed by atoms with E-state index in [2.05, 4.69) is 10.3 Å². The Labute approximate surface area is 238 Å². The van der Waals surface area contributed by atoms with Gasteiger partial charge in [-0.3, -0.25) is 9.59 Å². The zero-order chi connectivity index (χ0) is 25.5. The van der Waals surface area contributed by atoms with Crippen molar-refractivity contribution in [1.29, 1.82) is 0 Å². The minimum atomic E-state index is -0.714. The summed E-state index contributed by atoms with van der Waals surface area (Å²) in [4.78, 5) is 21.9. The molecule has 2 aromatic heterocycles. The molecule has 0 saturated heterocycles. The van der Waals surface area contributed by atoms with Gasteiger partial charge in [-0.2, -0.15) is 0 Å². The van der Waals surface area contributed by atoms with E-state index in [0.717, 1.165) is 55.2 Å². The molecule has 0 amide bonds. The van der Waals surface area contributed by atoms with Crippen molar-refractivity contribution in [1.82, 2.24) is 0 Å². The Morgan fingerprint density at radius 1 is 0.946 bits per heavy atom. The molecular weight excluding hydrogens is 608 g/mol. The van der Waals surface area contributed by atoms with Gasteiger partial charge in [0.25, 0.3) is 0 Å². The molecule has 37 heavy (non-hydrogen) atoms. The number of hydrogen-bond donors (Lipinski definition) is 3. The molecule has 0 radical (unpaired) electrons. The van der Waals surface area contributed by atoms with Gasteiger partial charge in [0.05, 0.1) is 18.3 Å². The smallest absolute Gasteiger partial charge is 0.343 e. The average Bonchev–Trinajstić information content (AvgIpc) is 3.26. The highest BCUT2D eigenvalue weighted by molar-refractivity contribution is 5.97. The molecule has 11 heteroatoms. The summed E-state index contributed by atoms with van der Waals surface area (Å²) in [5, 5.41) is 31.5. The van der Waals surface area contributed by atoms with Crippen molar-refractivity contribution in [3.05, 3.63) is 71.8 Å². The number of halogens is 2. The number of rotatable bonds is 11. The lowest BCUT2D eigenvalue weighted by Gasteiger charge is -2.05. The molecule has 2 aromatic rings. The van der Waals surface area contributed by atoms with Crippen LogP contribution in [0.15, 0.2) is 71.0 Å². The lowest BCUT2D eigenvalue weighted by molar-refractivity contribution is -0.913. The number of carbonyl (C=O) groups is 2. The van der Waals surface area contributed by atoms with E-state index in [1.807, 2.05) is 64.3 Å². The zero-order valence-corrected chi connectivity index (χ0v) is 24.0. The summed E-state index contributed by atoms with van der Waals surface area (Å²) in [5.41, 5.74) is 2.66. The van der Waals surface area contributed by atoms with Crippen LogP contribution in [-0.2, 0) is 16.3 Å². The third-order valence-corrected chi connectivity index (χ3v) is 5.70. The topological polar surface area (TPSA) is 127 Å². The molecule has 1 aliphatic carbocycles. The first-order chi connectivity index (χ1) is 16.9. The molecule has 2 heterocycles. The standard InChI is InChI=1S/C13H12N4O2.C13H20O3.2BrH/c18-14-9-12-1-5-16(6-2-12)11-17-7-3-13(4-8-17)10-15-19;1-10(13(15)16)6-3-2-4-7-11-8-5-9-12(11)14;;/h1-10H,11H2;8,10H,2-7,9H2,1H3,(H,15,16);2*1H. The molecule has 9 nitrogen and oxygen atoms in total. The third kappa shape index (κ3) is 13.3. The Bertz CT molecular complexity index is 988. The summed E-state index contributed by atoms with van der Waals surface area (Å²) in [5.74, 6) is -0.653. The number of carbonyl (C=O) groups excluding carboxylic acids is 1. The second-order valence-corrected chi connectivity index (χ2v) is 8.45. The monoisotopic (exact) mass is 640 g/mol. The molecule has 1 unspecified atom stereocenters. The van der Waals surface area contributed by atoms with Crippen molar-refractivity contribution in [2.24, 2.45) is 16.2 Å². The first-order valence-corrected chi connectivity index (χ1v) is 11.7. The summed E-state index contributed by atoms with van der Waals surface area (Å²) in [7, 11) is 0. The van der Waals surface area contributed by atoms with Gasteiger partial charge in [-0.1, -0.05) is 36.2 Å². The van der Waals surface area contributed by atoms with Crippen molar-refractivity contribution in [2.45, 2.75) is 58.5 Å². The highest BCUT2D eigenvalue weighted by atomic mass is 79.9. The first-order valence-electron chi connectivity index (χ1n) is 11.7. The van der Waals surface area contributed by atoms with Crippen molar-refractivity contribution in [3.8, 4) is 0 Å². The number of hydrogen-bond acceptors (Lipinski definition) is 6. The van der Waals surface area contributed by atoms with Crippen LogP contribution in [0.2, 0.25) is 0 Å². The molecule has 1 atom stereocenters. The van der Waals surface area contributed by atoms with Crippen LogP contribution in [0.4, 0.5) is 0 Å². The normalized spacial score (nSPS) is 13.3. The number of aliphatic carboxylic acids is 1. The van der Waals surface area contributed by atoms with Crippen LogP contribution in [0.5, 0.6) is 0 Å². The number of oxime groups is 2. The number of aromatic nitrogens is 2. The Balaban J connectivity index is 0.000000674. The number of nitrogens with zero attached hydrogens (tertiary/aromatic N) is 4. The fourth-order valence-electron chi connectivity index (χ4n) is 3.58. The van der Waals surface area contributed by atoms with Gasteiger partial charge in [-0.25, -0.2) is 0 Å². The highest BCUT2D eigenvalue weighted by Crippen LogP contribution is 2.20. The number of pyridine rings is 2. The molecular formula is C26H34Br2N4O5. The largest absolute Gasteiger partial charge is 1.00 e. The Morgan fingerprint density at radius 2 is 1.46 bits per heavy atom. The molecule has 0 aliphatic heterocycles. The molecule has 1 aliphatic rings. The Morgan fingerprint density at radius 3 is 1.86 bits per heavy atom. The van der Waals surface area contributed by atoms with Crippen molar-refractivity contribution < 1.29 is 68.2 Å². The molecule has 0 fully saturated rings. The van der Waals surface area contributed by atoms with E-state index in [4.69, 9.17) is 15.5 Å². The van der Waals surface area contributed by atoms with Gasteiger partial charge in [0.2, 0.25) is 0 Å². The second-order valence-electron chi connectivity index (χ2n) is 8.45. The van der Waals surface area contributed by atoms with Gasteiger partial charge < -0.3 is 49.5 Å². The molecule has 3 rings (SSSR count). The number of carboxylic acid groups (broad SMARTS) is 1. The number of Topliss-reactive ketones (excluding diaryl/α,β-unsaturated/α-hetero) is 1. The summed E-state index contributed by atoms with van der Waals surface area (Å²) < 4.78 is 3.96. The van der Waals surface area contributed by atoms with E-state index in [9.17, 15) is 9.59 Å². The van der Waals surface area contributed by atoms with E-state index in [-0.39, 0.29) is 39.9 Å². The number of ketones is 1. The minimum absolute atomic E-state index is 0. The fourth-order valence-corrected chi connectivity index (χ4v) is 3.58. The summed E-state index contributed by atoms with van der Waals surface area (Å²) in [6, 6.07) is 7.42. The van der Waals surface area contributed by atoms with Gasteiger partial charge in [-0.15, -0.1) is 9.13 Å². The minimum Gasteiger partial charge on any atom is -1.00 e. The molecule has 3 N–H and O–H groups in total. The molecule has 202 valence electrons. The van der Waals surface area contributed by atoms with E-state index in [1.165, 1.54) is 12.4 Å². The van der Waals surface area contributed by atoms with Crippen LogP contribution in [0, 0.1) is 5.92 Å². The SMILES string of the molecule is CC(CCCCCC1=CCCC1=O)C(=O)O.O/N=C\c1cc[n+](C[n+]2ccc(/C=N\O)cc2)cc1.[Br-].[Br-]. The maximum absolute atomic E-state index is 11.3. The number of carboxylic acids is 1. The van der Waals surface area contributed by atoms with E-state index in [1.54, 1.807) is 6.92 Å². The van der Waals surface area contributed by atoms with Gasteiger partial charge in [0.15, 0.2) is 30.6 Å². The Kier molecular flexibility index (Phi) is 17.7. The van der Waals surface area contributed by atoms with Crippen molar-refractivity contribution in [3.63, 3.8) is 0 Å². The fraction of sp³-hybridized carbons (Fsp3) is 0.385. The quantitative estimate of drug-likeness (QED) is 0.0812. The van der Waals surface area contributed by atoms with Crippen molar-refractivity contribution in [2.75, 3.05) is 0 Å². The second kappa shape index (κ2) is 19.2. The van der Waals surface area contributed by atoms with E-state index < -0.39 is 5.97 Å². The third-order valence-electron chi connectivity index (χ3n) is 5.70. The average molecular weight is 642 g/mol. The van der Waals surface area contributed by atoms with Gasteiger partial charge >= 0.3 is 12.6 Å². The first kappa shape index (κ1) is 34.1. The lowest BCUT2D eigenvalue weighted by atomic mass is 10.0. The van der Waals surface area contributed by atoms with Crippen LogP contribution in [0.1, 0.15) is 63.0 Å². The van der Waals surface area contributed by atoms with E-state index >= 15 is 0 Å². The van der Waals surface area contributed by atoms with Crippen LogP contribution >= 0.6 is 0 Å². The van der Waals surface area contributed by atoms with E-state index in [0.29, 0.717) is 18.9 Å². The zero-order valence-electron chi connectivity index (χ0n) is 20.8. The van der Waals surface area contributed by atoms with Gasteiger partial charge in [0, 0.05) is 41.8 Å². The Hall–Kier alpha value is -2.92. The molecule has 0 aromatic carbocycles. The van der Waals surface area contributed by atoms with Crippen LogP contribution in [0.3, 0.4) is 0 Å². The van der Waals surface area contributed by atoms with Crippen LogP contribution < -0.4 is 43.1 Å². The summed E-state index contributed by atoms with van der Waals surface area (Å²) in [6.45, 7) is 2.40. The number of unbranched alkanes of at least 4 members (excludes halogenated alkanes) is 2. The van der Waals surface area contributed by atoms with Crippen LogP contribution in [-0.4, -0.2) is 39.7 Å².